The molecule has 1 fully saturated rings. The summed E-state index contributed by atoms with van der Waals surface area (Å²) in [5.74, 6) is 1.48. The Morgan fingerprint density at radius 2 is 1.84 bits per heavy atom. The van der Waals surface area contributed by atoms with E-state index in [-0.39, 0.29) is 0 Å². The Morgan fingerprint density at radius 1 is 1.16 bits per heavy atom. The number of aromatic nitrogens is 2. The predicted molar refractivity (Wildman–Crippen MR) is 78.7 cm³/mol. The molecule has 98 valence electrons. The van der Waals surface area contributed by atoms with Gasteiger partial charge in [0.25, 0.3) is 0 Å². The van der Waals surface area contributed by atoms with Gasteiger partial charge in [-0.3, -0.25) is 0 Å². The lowest BCUT2D eigenvalue weighted by Crippen LogP contribution is -2.00. The molecule has 1 aromatic heterocycles. The minimum atomic E-state index is 0.446. The van der Waals surface area contributed by atoms with Crippen molar-refractivity contribution in [1.82, 2.24) is 9.97 Å². The van der Waals surface area contributed by atoms with Crippen LogP contribution in [0, 0.1) is 12.8 Å². The van der Waals surface area contributed by atoms with Crippen molar-refractivity contribution in [3.63, 3.8) is 0 Å². The van der Waals surface area contributed by atoms with Gasteiger partial charge in [-0.15, -0.1) is 0 Å². The van der Waals surface area contributed by atoms with E-state index in [1.165, 1.54) is 12.8 Å². The average Bonchev–Trinajstić information content (AvgIpc) is 3.12. The fourth-order valence-electron chi connectivity index (χ4n) is 2.16. The molecule has 0 spiro atoms. The number of benzene rings is 1. The third kappa shape index (κ3) is 2.90. The lowest BCUT2D eigenvalue weighted by atomic mass is 10.1. The summed E-state index contributed by atoms with van der Waals surface area (Å²) in [6.45, 7) is 2.04. The van der Waals surface area contributed by atoms with Crippen LogP contribution in [0.4, 0.5) is 0 Å². The maximum absolute atomic E-state index is 6.29. The molecule has 19 heavy (non-hydrogen) atoms. The van der Waals surface area contributed by atoms with E-state index in [1.54, 1.807) is 0 Å². The van der Waals surface area contributed by atoms with Crippen LogP contribution < -0.4 is 0 Å². The van der Waals surface area contributed by atoms with Crippen LogP contribution in [0.1, 0.15) is 24.2 Å². The van der Waals surface area contributed by atoms with Gasteiger partial charge in [0.15, 0.2) is 0 Å². The van der Waals surface area contributed by atoms with Gasteiger partial charge in [-0.2, -0.15) is 0 Å². The normalized spacial score (nSPS) is 14.7. The smallest absolute Gasteiger partial charge is 0.142 e. The third-order valence-electron chi connectivity index (χ3n) is 3.34. The molecule has 4 heteroatoms. The van der Waals surface area contributed by atoms with Crippen LogP contribution in [0.25, 0.3) is 11.1 Å². The van der Waals surface area contributed by atoms with Gasteiger partial charge < -0.3 is 0 Å². The summed E-state index contributed by atoms with van der Waals surface area (Å²) >= 11 is 12.6. The van der Waals surface area contributed by atoms with Crippen molar-refractivity contribution in [2.75, 3.05) is 0 Å². The van der Waals surface area contributed by atoms with Crippen LogP contribution in [0.5, 0.6) is 0 Å². The minimum Gasteiger partial charge on any atom is -0.220 e. The Kier molecular flexibility index (Phi) is 3.46. The summed E-state index contributed by atoms with van der Waals surface area (Å²) in [5, 5.41) is 0.891. The highest BCUT2D eigenvalue weighted by Gasteiger charge is 2.24. The topological polar surface area (TPSA) is 25.8 Å². The Hall–Kier alpha value is -1.12. The van der Waals surface area contributed by atoms with Crippen molar-refractivity contribution < 1.29 is 0 Å². The fraction of sp³-hybridized carbons (Fsp3) is 0.333. The molecule has 0 saturated heterocycles. The van der Waals surface area contributed by atoms with Crippen molar-refractivity contribution in [2.45, 2.75) is 26.2 Å². The van der Waals surface area contributed by atoms with Gasteiger partial charge in [0.1, 0.15) is 16.1 Å². The summed E-state index contributed by atoms with van der Waals surface area (Å²) in [5.41, 5.74) is 2.85. The summed E-state index contributed by atoms with van der Waals surface area (Å²) in [4.78, 5) is 8.78. The number of aryl methyl sites for hydroxylation is 1. The molecule has 3 rings (SSSR count). The van der Waals surface area contributed by atoms with Gasteiger partial charge in [0, 0.05) is 6.42 Å². The number of hydrogen-bond acceptors (Lipinski definition) is 2. The molecule has 0 aliphatic heterocycles. The van der Waals surface area contributed by atoms with E-state index in [2.05, 4.69) is 9.97 Å². The van der Waals surface area contributed by atoms with Crippen molar-refractivity contribution in [3.8, 4) is 11.1 Å². The highest BCUT2D eigenvalue weighted by Crippen LogP contribution is 2.35. The molecule has 0 N–H and O–H groups in total. The van der Waals surface area contributed by atoms with Crippen LogP contribution in [0.15, 0.2) is 24.3 Å². The van der Waals surface area contributed by atoms with Crippen molar-refractivity contribution in [3.05, 3.63) is 46.0 Å². The van der Waals surface area contributed by atoms with E-state index in [0.29, 0.717) is 10.3 Å². The number of nitrogens with zero attached hydrogens (tertiary/aromatic N) is 2. The maximum Gasteiger partial charge on any atom is 0.142 e. The first kappa shape index (κ1) is 12.9. The van der Waals surface area contributed by atoms with Gasteiger partial charge in [-0.25, -0.2) is 9.97 Å². The number of rotatable bonds is 3. The zero-order valence-electron chi connectivity index (χ0n) is 10.7. The lowest BCUT2D eigenvalue weighted by Gasteiger charge is -2.09. The Labute approximate surface area is 122 Å². The first-order valence-electron chi connectivity index (χ1n) is 6.42. The first-order chi connectivity index (χ1) is 9.13. The van der Waals surface area contributed by atoms with E-state index in [4.69, 9.17) is 23.2 Å². The van der Waals surface area contributed by atoms with Gasteiger partial charge in [0.2, 0.25) is 0 Å². The van der Waals surface area contributed by atoms with Crippen LogP contribution in [0.3, 0.4) is 0 Å². The van der Waals surface area contributed by atoms with Crippen LogP contribution in [-0.2, 0) is 6.42 Å². The fourth-order valence-corrected chi connectivity index (χ4v) is 2.80. The standard InChI is InChI=1S/C15H14Cl2N2/c1-9-3-2-4-11(7-9)13-14(16)18-12(19-15(13)17)8-10-5-6-10/h2-4,7,10H,5-6,8H2,1H3. The SMILES string of the molecule is Cc1cccc(-c2c(Cl)nc(CC3CC3)nc2Cl)c1. The number of halogens is 2. The second-order valence-electron chi connectivity index (χ2n) is 5.11. The summed E-state index contributed by atoms with van der Waals surface area (Å²) < 4.78 is 0. The molecule has 0 unspecified atom stereocenters. The second-order valence-corrected chi connectivity index (χ2v) is 5.83. The molecule has 2 aromatic rings. The maximum atomic E-state index is 6.29. The lowest BCUT2D eigenvalue weighted by molar-refractivity contribution is 0.770. The zero-order valence-corrected chi connectivity index (χ0v) is 12.2. The molecule has 0 atom stereocenters. The second kappa shape index (κ2) is 5.10. The van der Waals surface area contributed by atoms with E-state index < -0.39 is 0 Å². The molecule has 1 aliphatic carbocycles. The highest BCUT2D eigenvalue weighted by molar-refractivity contribution is 6.37. The molecule has 1 heterocycles. The molecule has 1 aromatic carbocycles. The van der Waals surface area contributed by atoms with Crippen LogP contribution in [-0.4, -0.2) is 9.97 Å². The third-order valence-corrected chi connectivity index (χ3v) is 3.89. The van der Waals surface area contributed by atoms with Crippen LogP contribution in [0.2, 0.25) is 10.3 Å². The zero-order chi connectivity index (χ0) is 13.4. The van der Waals surface area contributed by atoms with Crippen molar-refractivity contribution >= 4 is 23.2 Å². The molecular formula is C15H14Cl2N2. The summed E-state index contributed by atoms with van der Waals surface area (Å²) in [6.07, 6.45) is 3.41. The predicted octanol–water partition coefficient (Wildman–Crippen LogP) is 4.71. The summed E-state index contributed by atoms with van der Waals surface area (Å²) in [7, 11) is 0. The molecule has 1 saturated carbocycles. The number of hydrogen-bond donors (Lipinski definition) is 0. The molecule has 1 aliphatic rings. The van der Waals surface area contributed by atoms with Gasteiger partial charge in [-0.05, 0) is 31.2 Å². The molecule has 0 radical (unpaired) electrons. The minimum absolute atomic E-state index is 0.446. The van der Waals surface area contributed by atoms with Gasteiger partial charge >= 0.3 is 0 Å². The molecular weight excluding hydrogens is 279 g/mol. The summed E-state index contributed by atoms with van der Waals surface area (Å²) in [6, 6.07) is 8.03. The average molecular weight is 293 g/mol. The monoisotopic (exact) mass is 292 g/mol. The Morgan fingerprint density at radius 3 is 2.42 bits per heavy atom. The van der Waals surface area contributed by atoms with E-state index in [9.17, 15) is 0 Å². The first-order valence-corrected chi connectivity index (χ1v) is 7.18. The van der Waals surface area contributed by atoms with Gasteiger partial charge in [0.05, 0.1) is 5.56 Å². The van der Waals surface area contributed by atoms with Crippen molar-refractivity contribution in [2.24, 2.45) is 5.92 Å². The molecule has 2 nitrogen and oxygen atoms in total. The van der Waals surface area contributed by atoms with E-state index in [1.807, 2.05) is 31.2 Å². The molecule has 0 bridgehead atoms. The van der Waals surface area contributed by atoms with Crippen LogP contribution >= 0.6 is 23.2 Å². The quantitative estimate of drug-likeness (QED) is 0.766. The van der Waals surface area contributed by atoms with E-state index in [0.717, 1.165) is 34.9 Å². The van der Waals surface area contributed by atoms with Crippen molar-refractivity contribution in [1.29, 1.82) is 0 Å². The molecule has 0 amide bonds. The Bertz CT molecular complexity index is 598. The highest BCUT2D eigenvalue weighted by atomic mass is 35.5. The van der Waals surface area contributed by atoms with Gasteiger partial charge in [-0.1, -0.05) is 53.0 Å². The Balaban J connectivity index is 2.01. The largest absolute Gasteiger partial charge is 0.220 e. The van der Waals surface area contributed by atoms with E-state index >= 15 is 0 Å².